The van der Waals surface area contributed by atoms with Crippen LogP contribution >= 0.6 is 0 Å². The van der Waals surface area contributed by atoms with E-state index in [0.717, 1.165) is 5.75 Å². The summed E-state index contributed by atoms with van der Waals surface area (Å²) in [5, 5.41) is 2.90. The molecule has 1 N–H and O–H groups in total. The highest BCUT2D eigenvalue weighted by Gasteiger charge is 2.10. The Kier molecular flexibility index (Phi) is 7.48. The summed E-state index contributed by atoms with van der Waals surface area (Å²) >= 11 is 0. The molecule has 0 atom stereocenters. The summed E-state index contributed by atoms with van der Waals surface area (Å²) in [6, 6.07) is 13.6. The molecule has 2 aromatic rings. The van der Waals surface area contributed by atoms with Gasteiger partial charge in [-0.05, 0) is 63.2 Å². The van der Waals surface area contributed by atoms with Gasteiger partial charge in [0.2, 0.25) is 5.91 Å². The number of carbonyl (C=O) groups excluding carboxylic acids is 1. The Bertz CT molecular complexity index is 711. The molecule has 0 saturated carbocycles. The van der Waals surface area contributed by atoms with Crippen molar-refractivity contribution >= 4 is 11.6 Å². The number of anilines is 1. The molecule has 0 saturated heterocycles. The van der Waals surface area contributed by atoms with E-state index in [4.69, 9.17) is 9.47 Å². The third-order valence-corrected chi connectivity index (χ3v) is 3.81. The van der Waals surface area contributed by atoms with E-state index in [0.29, 0.717) is 31.2 Å². The number of nitrogens with zero attached hydrogens (tertiary/aromatic N) is 1. The van der Waals surface area contributed by atoms with E-state index < -0.39 is 0 Å². The first kappa shape index (κ1) is 19.8. The lowest BCUT2D eigenvalue weighted by Crippen LogP contribution is -2.33. The van der Waals surface area contributed by atoms with Crippen LogP contribution in [0.2, 0.25) is 0 Å². The Morgan fingerprint density at radius 3 is 2.46 bits per heavy atom. The van der Waals surface area contributed by atoms with Crippen LogP contribution in [0, 0.1) is 13.8 Å². The van der Waals surface area contributed by atoms with Gasteiger partial charge in [-0.15, -0.1) is 0 Å². The number of ether oxygens (including phenoxy) is 2. The van der Waals surface area contributed by atoms with Gasteiger partial charge in [0.05, 0.1) is 18.8 Å². The van der Waals surface area contributed by atoms with Crippen LogP contribution in [0.1, 0.15) is 18.1 Å². The minimum atomic E-state index is -0.0777. The van der Waals surface area contributed by atoms with Crippen molar-refractivity contribution in [2.24, 2.45) is 0 Å². The Morgan fingerprint density at radius 2 is 1.77 bits per heavy atom. The Hall–Kier alpha value is -2.53. The third-order valence-electron chi connectivity index (χ3n) is 3.81. The van der Waals surface area contributed by atoms with E-state index in [-0.39, 0.29) is 12.5 Å². The average molecular weight is 356 g/mol. The maximum atomic E-state index is 12.3. The Labute approximate surface area is 155 Å². The van der Waals surface area contributed by atoms with Gasteiger partial charge in [-0.2, -0.15) is 0 Å². The van der Waals surface area contributed by atoms with Crippen LogP contribution < -0.4 is 14.8 Å². The number of para-hydroxylation sites is 2. The SMILES string of the molecule is CCOc1ccccc1NC(=O)CN(C)CCOc1cc(C)cc(C)c1. The molecule has 140 valence electrons. The molecule has 2 aromatic carbocycles. The molecule has 1 amide bonds. The highest BCUT2D eigenvalue weighted by Crippen LogP contribution is 2.23. The summed E-state index contributed by atoms with van der Waals surface area (Å²) in [6.07, 6.45) is 0. The molecule has 0 unspecified atom stereocenters. The van der Waals surface area contributed by atoms with Crippen molar-refractivity contribution in [2.75, 3.05) is 38.7 Å². The predicted molar refractivity (Wildman–Crippen MR) is 105 cm³/mol. The molecule has 0 aromatic heterocycles. The van der Waals surface area contributed by atoms with Crippen LogP contribution in [0.4, 0.5) is 5.69 Å². The van der Waals surface area contributed by atoms with E-state index in [1.54, 1.807) is 0 Å². The highest BCUT2D eigenvalue weighted by molar-refractivity contribution is 5.93. The number of hydrogen-bond acceptors (Lipinski definition) is 4. The number of nitrogens with one attached hydrogen (secondary N) is 1. The smallest absolute Gasteiger partial charge is 0.238 e. The molecule has 0 radical (unpaired) electrons. The van der Waals surface area contributed by atoms with Gasteiger partial charge in [0.25, 0.3) is 0 Å². The number of aryl methyl sites for hydroxylation is 2. The van der Waals surface area contributed by atoms with E-state index in [1.807, 2.05) is 55.3 Å². The third kappa shape index (κ3) is 6.41. The molecular weight excluding hydrogens is 328 g/mol. The topological polar surface area (TPSA) is 50.8 Å². The summed E-state index contributed by atoms with van der Waals surface area (Å²) in [4.78, 5) is 14.2. The zero-order valence-electron chi connectivity index (χ0n) is 16.0. The quantitative estimate of drug-likeness (QED) is 0.745. The second kappa shape index (κ2) is 9.82. The van der Waals surface area contributed by atoms with Crippen molar-refractivity contribution in [1.82, 2.24) is 4.90 Å². The van der Waals surface area contributed by atoms with E-state index in [1.165, 1.54) is 11.1 Å². The number of amides is 1. The van der Waals surface area contributed by atoms with E-state index in [9.17, 15) is 4.79 Å². The van der Waals surface area contributed by atoms with Gasteiger partial charge < -0.3 is 14.8 Å². The van der Waals surface area contributed by atoms with E-state index >= 15 is 0 Å². The second-order valence-electron chi connectivity index (χ2n) is 6.39. The van der Waals surface area contributed by atoms with Crippen molar-refractivity contribution in [3.05, 3.63) is 53.6 Å². The molecule has 0 heterocycles. The molecule has 0 spiro atoms. The lowest BCUT2D eigenvalue weighted by atomic mass is 10.1. The fourth-order valence-electron chi connectivity index (χ4n) is 2.70. The van der Waals surface area contributed by atoms with Crippen LogP contribution in [-0.4, -0.2) is 44.2 Å². The summed E-state index contributed by atoms with van der Waals surface area (Å²) in [7, 11) is 1.90. The van der Waals surface area contributed by atoms with Crippen molar-refractivity contribution in [1.29, 1.82) is 0 Å². The molecule has 26 heavy (non-hydrogen) atoms. The maximum Gasteiger partial charge on any atom is 0.238 e. The summed E-state index contributed by atoms with van der Waals surface area (Å²) in [6.45, 7) is 8.06. The van der Waals surface area contributed by atoms with Crippen molar-refractivity contribution in [3.63, 3.8) is 0 Å². The first-order chi connectivity index (χ1) is 12.5. The van der Waals surface area contributed by atoms with Gasteiger partial charge in [0.1, 0.15) is 18.1 Å². The first-order valence-corrected chi connectivity index (χ1v) is 8.89. The van der Waals surface area contributed by atoms with Gasteiger partial charge >= 0.3 is 0 Å². The van der Waals surface area contributed by atoms with Crippen LogP contribution in [-0.2, 0) is 4.79 Å². The van der Waals surface area contributed by atoms with E-state index in [2.05, 4.69) is 25.2 Å². The zero-order valence-corrected chi connectivity index (χ0v) is 16.0. The Morgan fingerprint density at radius 1 is 1.08 bits per heavy atom. The Balaban J connectivity index is 1.78. The molecule has 0 fully saturated rings. The lowest BCUT2D eigenvalue weighted by molar-refractivity contribution is -0.117. The fourth-order valence-corrected chi connectivity index (χ4v) is 2.70. The van der Waals surface area contributed by atoms with Crippen molar-refractivity contribution in [2.45, 2.75) is 20.8 Å². The van der Waals surface area contributed by atoms with Crippen LogP contribution in [0.15, 0.2) is 42.5 Å². The normalized spacial score (nSPS) is 10.7. The highest BCUT2D eigenvalue weighted by atomic mass is 16.5. The van der Waals surface area contributed by atoms with Crippen LogP contribution in [0.3, 0.4) is 0 Å². The largest absolute Gasteiger partial charge is 0.492 e. The van der Waals surface area contributed by atoms with Crippen molar-refractivity contribution < 1.29 is 14.3 Å². The van der Waals surface area contributed by atoms with Gasteiger partial charge in [-0.1, -0.05) is 18.2 Å². The van der Waals surface area contributed by atoms with Gasteiger partial charge in [-0.3, -0.25) is 9.69 Å². The summed E-state index contributed by atoms with van der Waals surface area (Å²) < 4.78 is 11.3. The molecule has 0 aliphatic heterocycles. The molecule has 0 aliphatic rings. The number of hydrogen-bond donors (Lipinski definition) is 1. The molecule has 5 heteroatoms. The minimum absolute atomic E-state index is 0.0777. The van der Waals surface area contributed by atoms with Crippen LogP contribution in [0.5, 0.6) is 11.5 Å². The maximum absolute atomic E-state index is 12.3. The minimum Gasteiger partial charge on any atom is -0.492 e. The van der Waals surface area contributed by atoms with Gasteiger partial charge in [0.15, 0.2) is 0 Å². The zero-order chi connectivity index (χ0) is 18.9. The first-order valence-electron chi connectivity index (χ1n) is 8.89. The number of likely N-dealkylation sites (N-methyl/N-ethyl adjacent to an activating group) is 1. The molecule has 0 bridgehead atoms. The van der Waals surface area contributed by atoms with Crippen molar-refractivity contribution in [3.8, 4) is 11.5 Å². The molecule has 0 aliphatic carbocycles. The average Bonchev–Trinajstić information content (AvgIpc) is 2.56. The second-order valence-corrected chi connectivity index (χ2v) is 6.39. The monoisotopic (exact) mass is 356 g/mol. The number of benzene rings is 2. The summed E-state index contributed by atoms with van der Waals surface area (Å²) in [5.41, 5.74) is 3.06. The fraction of sp³-hybridized carbons (Fsp3) is 0.381. The van der Waals surface area contributed by atoms with Crippen LogP contribution in [0.25, 0.3) is 0 Å². The predicted octanol–water partition coefficient (Wildman–Crippen LogP) is 3.65. The molecule has 5 nitrogen and oxygen atoms in total. The standard InChI is InChI=1S/C21H28N2O3/c1-5-25-20-9-7-6-8-19(20)22-21(24)15-23(4)10-11-26-18-13-16(2)12-17(3)14-18/h6-9,12-14H,5,10-11,15H2,1-4H3,(H,22,24). The summed E-state index contributed by atoms with van der Waals surface area (Å²) in [5.74, 6) is 1.47. The lowest BCUT2D eigenvalue weighted by Gasteiger charge is -2.18. The number of carbonyl (C=O) groups is 1. The molecular formula is C21H28N2O3. The molecule has 2 rings (SSSR count). The van der Waals surface area contributed by atoms with Gasteiger partial charge in [-0.25, -0.2) is 0 Å². The number of rotatable bonds is 9. The van der Waals surface area contributed by atoms with Gasteiger partial charge in [0, 0.05) is 6.54 Å².